The highest BCUT2D eigenvalue weighted by Gasteiger charge is 2.51. The molecular formula is C31H42O4Si. The Morgan fingerprint density at radius 1 is 0.778 bits per heavy atom. The number of hydrogen-bond donors (Lipinski definition) is 2. The van der Waals surface area contributed by atoms with E-state index in [0.717, 1.165) is 5.56 Å². The molecule has 36 heavy (non-hydrogen) atoms. The second-order valence-electron chi connectivity index (χ2n) is 10.6. The molecule has 0 bridgehead atoms. The van der Waals surface area contributed by atoms with Gasteiger partial charge >= 0.3 is 0 Å². The van der Waals surface area contributed by atoms with E-state index in [1.165, 1.54) is 10.4 Å². The van der Waals surface area contributed by atoms with Gasteiger partial charge in [0.05, 0.1) is 24.9 Å². The van der Waals surface area contributed by atoms with Crippen molar-refractivity contribution >= 4 is 18.7 Å². The van der Waals surface area contributed by atoms with Crippen LogP contribution in [0, 0.1) is 0 Å². The van der Waals surface area contributed by atoms with Crippen LogP contribution >= 0.6 is 0 Å². The highest BCUT2D eigenvalue weighted by molar-refractivity contribution is 6.99. The van der Waals surface area contributed by atoms with Gasteiger partial charge in [-0.3, -0.25) is 0 Å². The largest absolute Gasteiger partial charge is 0.404 e. The van der Waals surface area contributed by atoms with Crippen LogP contribution in [0.25, 0.3) is 0 Å². The molecule has 3 aromatic carbocycles. The summed E-state index contributed by atoms with van der Waals surface area (Å²) in [4.78, 5) is 0. The maximum absolute atomic E-state index is 10.7. The normalized spacial score (nSPS) is 14.8. The SMILES string of the molecule is C[C@H](C[C@@H](C[C@@H](O)CCO)O[Si](c1ccccc1)(c1ccccc1)C(C)(C)C)OCc1ccccc1. The first-order valence-electron chi connectivity index (χ1n) is 13.0. The molecule has 0 saturated heterocycles. The number of aliphatic hydroxyl groups excluding tert-OH is 2. The molecule has 0 unspecified atom stereocenters. The lowest BCUT2D eigenvalue weighted by molar-refractivity contribution is 0.00223. The fraction of sp³-hybridized carbons (Fsp3) is 0.419. The fourth-order valence-corrected chi connectivity index (χ4v) is 9.66. The lowest BCUT2D eigenvalue weighted by atomic mass is 10.0. The van der Waals surface area contributed by atoms with Crippen molar-refractivity contribution in [2.45, 2.75) is 76.9 Å². The summed E-state index contributed by atoms with van der Waals surface area (Å²) in [6, 6.07) is 31.3. The Morgan fingerprint density at radius 2 is 1.28 bits per heavy atom. The summed E-state index contributed by atoms with van der Waals surface area (Å²) in [5.74, 6) is 0. The van der Waals surface area contributed by atoms with Crippen molar-refractivity contribution in [3.8, 4) is 0 Å². The molecule has 0 saturated carbocycles. The summed E-state index contributed by atoms with van der Waals surface area (Å²) in [5.41, 5.74) is 1.13. The van der Waals surface area contributed by atoms with Crippen LogP contribution in [-0.2, 0) is 15.8 Å². The number of benzene rings is 3. The van der Waals surface area contributed by atoms with Crippen LogP contribution < -0.4 is 10.4 Å². The van der Waals surface area contributed by atoms with E-state index in [2.05, 4.69) is 88.4 Å². The number of ether oxygens (including phenoxy) is 1. The third-order valence-electron chi connectivity index (χ3n) is 6.73. The van der Waals surface area contributed by atoms with E-state index in [-0.39, 0.29) is 23.9 Å². The maximum Gasteiger partial charge on any atom is 0.261 e. The van der Waals surface area contributed by atoms with E-state index >= 15 is 0 Å². The summed E-state index contributed by atoms with van der Waals surface area (Å²) in [7, 11) is -2.79. The van der Waals surface area contributed by atoms with E-state index in [9.17, 15) is 10.2 Å². The molecule has 0 aliphatic rings. The lowest BCUT2D eigenvalue weighted by Crippen LogP contribution is -2.68. The summed E-state index contributed by atoms with van der Waals surface area (Å²) < 4.78 is 13.5. The van der Waals surface area contributed by atoms with Crippen molar-refractivity contribution in [2.75, 3.05) is 6.61 Å². The average molecular weight is 507 g/mol. The minimum absolute atomic E-state index is 0.0485. The molecule has 0 fully saturated rings. The van der Waals surface area contributed by atoms with Crippen molar-refractivity contribution in [1.29, 1.82) is 0 Å². The van der Waals surface area contributed by atoms with Crippen LogP contribution in [0.3, 0.4) is 0 Å². The van der Waals surface area contributed by atoms with Crippen LogP contribution in [-0.4, -0.2) is 43.4 Å². The molecule has 0 aliphatic carbocycles. The van der Waals surface area contributed by atoms with Crippen molar-refractivity contribution < 1.29 is 19.4 Å². The number of aliphatic hydroxyl groups is 2. The molecule has 0 heterocycles. The fourth-order valence-electron chi connectivity index (χ4n) is 4.96. The van der Waals surface area contributed by atoms with Gasteiger partial charge in [0, 0.05) is 6.61 Å². The minimum atomic E-state index is -2.79. The summed E-state index contributed by atoms with van der Waals surface area (Å²) in [6.45, 7) is 9.34. The zero-order chi connectivity index (χ0) is 26.0. The van der Waals surface area contributed by atoms with Crippen LogP contribution in [0.1, 0.15) is 52.5 Å². The third-order valence-corrected chi connectivity index (χ3v) is 11.8. The zero-order valence-electron chi connectivity index (χ0n) is 22.1. The Kier molecular flexibility index (Phi) is 10.5. The highest BCUT2D eigenvalue weighted by Crippen LogP contribution is 2.38. The van der Waals surface area contributed by atoms with E-state index in [1.54, 1.807) is 0 Å². The summed E-state index contributed by atoms with van der Waals surface area (Å²) in [5, 5.41) is 22.4. The van der Waals surface area contributed by atoms with Crippen LogP contribution in [0.15, 0.2) is 91.0 Å². The molecular weight excluding hydrogens is 464 g/mol. The average Bonchev–Trinajstić information content (AvgIpc) is 2.87. The van der Waals surface area contributed by atoms with Crippen molar-refractivity contribution in [3.05, 3.63) is 96.6 Å². The van der Waals surface area contributed by atoms with Gasteiger partial charge in [0.2, 0.25) is 0 Å². The molecule has 0 aromatic heterocycles. The Balaban J connectivity index is 1.95. The molecule has 2 N–H and O–H groups in total. The Morgan fingerprint density at radius 3 is 1.75 bits per heavy atom. The Bertz CT molecular complexity index is 966. The van der Waals surface area contributed by atoms with E-state index in [4.69, 9.17) is 9.16 Å². The topological polar surface area (TPSA) is 58.9 Å². The van der Waals surface area contributed by atoms with E-state index in [1.807, 2.05) is 30.3 Å². The van der Waals surface area contributed by atoms with Gasteiger partial charge in [0.15, 0.2) is 0 Å². The van der Waals surface area contributed by atoms with Gasteiger partial charge < -0.3 is 19.4 Å². The maximum atomic E-state index is 10.7. The quantitative estimate of drug-likeness (QED) is 0.318. The summed E-state index contributed by atoms with van der Waals surface area (Å²) in [6.07, 6.45) is 0.502. The molecule has 0 amide bonds. The second-order valence-corrected chi connectivity index (χ2v) is 14.9. The van der Waals surface area contributed by atoms with Crippen LogP contribution in [0.5, 0.6) is 0 Å². The zero-order valence-corrected chi connectivity index (χ0v) is 23.1. The van der Waals surface area contributed by atoms with Gasteiger partial charge in [0.1, 0.15) is 0 Å². The van der Waals surface area contributed by atoms with Crippen molar-refractivity contribution in [3.63, 3.8) is 0 Å². The molecule has 0 radical (unpaired) electrons. The molecule has 194 valence electrons. The van der Waals surface area contributed by atoms with Gasteiger partial charge in [-0.25, -0.2) is 0 Å². The molecule has 3 aromatic rings. The highest BCUT2D eigenvalue weighted by atomic mass is 28.4. The third kappa shape index (κ3) is 7.37. The van der Waals surface area contributed by atoms with E-state index in [0.29, 0.717) is 25.9 Å². The Hall–Kier alpha value is -2.28. The number of hydrogen-bond acceptors (Lipinski definition) is 4. The smallest absolute Gasteiger partial charge is 0.261 e. The standard InChI is InChI=1S/C31H42O4Si/c1-25(34-24-26-14-8-5-9-15-26)22-28(23-27(33)20-21-32)35-36(31(2,3)4,29-16-10-6-11-17-29)30-18-12-7-13-19-30/h5-19,25,27-28,32-33H,20-24H2,1-4H3/t25-,27+,28+/m1/s1. The van der Waals surface area contributed by atoms with Gasteiger partial charge in [-0.2, -0.15) is 0 Å². The van der Waals surface area contributed by atoms with Crippen molar-refractivity contribution in [1.82, 2.24) is 0 Å². The molecule has 0 spiro atoms. The predicted molar refractivity (Wildman–Crippen MR) is 150 cm³/mol. The van der Waals surface area contributed by atoms with Gasteiger partial charge in [-0.15, -0.1) is 0 Å². The first-order chi connectivity index (χ1) is 17.3. The first kappa shape index (κ1) is 28.3. The molecule has 4 nitrogen and oxygen atoms in total. The lowest BCUT2D eigenvalue weighted by Gasteiger charge is -2.45. The number of rotatable bonds is 13. The second kappa shape index (κ2) is 13.3. The monoisotopic (exact) mass is 506 g/mol. The molecule has 0 aliphatic heterocycles. The molecule has 3 atom stereocenters. The molecule has 5 heteroatoms. The van der Waals surface area contributed by atoms with Crippen molar-refractivity contribution in [2.24, 2.45) is 0 Å². The van der Waals surface area contributed by atoms with Crippen LogP contribution in [0.2, 0.25) is 5.04 Å². The van der Waals surface area contributed by atoms with Gasteiger partial charge in [-0.05, 0) is 47.2 Å². The first-order valence-corrected chi connectivity index (χ1v) is 14.9. The minimum Gasteiger partial charge on any atom is -0.404 e. The van der Waals surface area contributed by atoms with Gasteiger partial charge in [0.25, 0.3) is 8.32 Å². The Labute approximate surface area is 218 Å². The van der Waals surface area contributed by atoms with Crippen LogP contribution in [0.4, 0.5) is 0 Å². The summed E-state index contributed by atoms with van der Waals surface area (Å²) >= 11 is 0. The van der Waals surface area contributed by atoms with E-state index < -0.39 is 14.4 Å². The van der Waals surface area contributed by atoms with Gasteiger partial charge in [-0.1, -0.05) is 112 Å². The molecule has 3 rings (SSSR count). The predicted octanol–water partition coefficient (Wildman–Crippen LogP) is 5.06.